The highest BCUT2D eigenvalue weighted by molar-refractivity contribution is 6.06. The third-order valence-corrected chi connectivity index (χ3v) is 1.82. The van der Waals surface area contributed by atoms with Gasteiger partial charge in [0.25, 0.3) is 0 Å². The molecule has 1 rings (SSSR count). The van der Waals surface area contributed by atoms with Crippen LogP contribution < -0.4 is 9.84 Å². The number of hydrogen-bond acceptors (Lipinski definition) is 4. The Morgan fingerprint density at radius 3 is 2.38 bits per heavy atom. The van der Waals surface area contributed by atoms with Crippen LogP contribution in [0.1, 0.15) is 17.3 Å². The normalized spacial score (nSPS) is 10.3. The molecule has 1 aromatic carbocycles. The van der Waals surface area contributed by atoms with Gasteiger partial charge in [-0.1, -0.05) is 0 Å². The van der Waals surface area contributed by atoms with Crippen LogP contribution in [0.2, 0.25) is 0 Å². The zero-order valence-electron chi connectivity index (χ0n) is 8.80. The molecule has 1 aromatic rings. The minimum Gasteiger partial charge on any atom is -0.545 e. The van der Waals surface area contributed by atoms with Crippen LogP contribution in [0.5, 0.6) is 5.75 Å². The standard InChI is InChI=1S/C12H12O4/c1-2-16-10-5-3-9(4-6-10)11(13)7-8-12(14)15/h3-8H,2H2,1H3,(H,14,15)/p-1/b8-7+. The van der Waals surface area contributed by atoms with E-state index >= 15 is 0 Å². The number of rotatable bonds is 5. The molecule has 0 radical (unpaired) electrons. The van der Waals surface area contributed by atoms with E-state index in [1.807, 2.05) is 6.92 Å². The van der Waals surface area contributed by atoms with Crippen LogP contribution in [0.4, 0.5) is 0 Å². The summed E-state index contributed by atoms with van der Waals surface area (Å²) in [6, 6.07) is 6.47. The molecule has 0 unspecified atom stereocenters. The van der Waals surface area contributed by atoms with E-state index in [1.54, 1.807) is 24.3 Å². The number of allylic oxidation sites excluding steroid dienone is 1. The van der Waals surface area contributed by atoms with Crippen LogP contribution in [0, 0.1) is 0 Å². The van der Waals surface area contributed by atoms with E-state index in [0.717, 1.165) is 6.08 Å². The molecule has 0 aliphatic heterocycles. The highest BCUT2D eigenvalue weighted by atomic mass is 16.5. The van der Waals surface area contributed by atoms with Crippen LogP contribution in [0.15, 0.2) is 36.4 Å². The molecule has 0 N–H and O–H groups in total. The van der Waals surface area contributed by atoms with Crippen LogP contribution in [0.25, 0.3) is 0 Å². The van der Waals surface area contributed by atoms with Gasteiger partial charge in [-0.25, -0.2) is 0 Å². The van der Waals surface area contributed by atoms with Crippen molar-refractivity contribution in [1.82, 2.24) is 0 Å². The van der Waals surface area contributed by atoms with Gasteiger partial charge in [0.1, 0.15) is 5.75 Å². The summed E-state index contributed by atoms with van der Waals surface area (Å²) < 4.78 is 5.21. The number of carboxylic acid groups (broad SMARTS) is 1. The fraction of sp³-hybridized carbons (Fsp3) is 0.167. The molecule has 0 saturated carbocycles. The van der Waals surface area contributed by atoms with Gasteiger partial charge in [0, 0.05) is 5.56 Å². The average Bonchev–Trinajstić information content (AvgIpc) is 2.27. The Morgan fingerprint density at radius 2 is 1.88 bits per heavy atom. The highest BCUT2D eigenvalue weighted by Gasteiger charge is 2.01. The maximum absolute atomic E-state index is 11.4. The molecule has 16 heavy (non-hydrogen) atoms. The van der Waals surface area contributed by atoms with E-state index in [9.17, 15) is 14.7 Å². The highest BCUT2D eigenvalue weighted by Crippen LogP contribution is 2.12. The summed E-state index contributed by atoms with van der Waals surface area (Å²) in [6.45, 7) is 2.42. The van der Waals surface area contributed by atoms with Crippen LogP contribution >= 0.6 is 0 Å². The van der Waals surface area contributed by atoms with Gasteiger partial charge in [-0.3, -0.25) is 4.79 Å². The first kappa shape index (κ1) is 12.0. The lowest BCUT2D eigenvalue weighted by atomic mass is 10.1. The Balaban J connectivity index is 2.74. The Labute approximate surface area is 93.2 Å². The summed E-state index contributed by atoms with van der Waals surface area (Å²) in [5, 5.41) is 10.1. The molecule has 0 aliphatic rings. The van der Waals surface area contributed by atoms with Crippen molar-refractivity contribution >= 4 is 11.8 Å². The maximum Gasteiger partial charge on any atom is 0.185 e. The molecular weight excluding hydrogens is 208 g/mol. The van der Waals surface area contributed by atoms with Gasteiger partial charge >= 0.3 is 0 Å². The fourth-order valence-electron chi connectivity index (χ4n) is 1.12. The molecule has 0 aliphatic carbocycles. The first-order chi connectivity index (χ1) is 7.63. The summed E-state index contributed by atoms with van der Waals surface area (Å²) in [6.07, 6.45) is 1.67. The Hall–Kier alpha value is -2.10. The van der Waals surface area contributed by atoms with Gasteiger partial charge in [-0.15, -0.1) is 0 Å². The maximum atomic E-state index is 11.4. The van der Waals surface area contributed by atoms with Crippen molar-refractivity contribution in [3.63, 3.8) is 0 Å². The summed E-state index contributed by atoms with van der Waals surface area (Å²) in [7, 11) is 0. The number of carbonyl (C=O) groups is 2. The smallest absolute Gasteiger partial charge is 0.185 e. The van der Waals surface area contributed by atoms with Crippen molar-refractivity contribution in [3.05, 3.63) is 42.0 Å². The summed E-state index contributed by atoms with van der Waals surface area (Å²) >= 11 is 0. The molecule has 0 aromatic heterocycles. The van der Waals surface area contributed by atoms with Gasteiger partial charge in [0.2, 0.25) is 0 Å². The largest absolute Gasteiger partial charge is 0.545 e. The van der Waals surface area contributed by atoms with E-state index in [4.69, 9.17) is 4.74 Å². The van der Waals surface area contributed by atoms with Crippen molar-refractivity contribution in [2.45, 2.75) is 6.92 Å². The molecule has 4 nitrogen and oxygen atoms in total. The molecule has 0 heterocycles. The van der Waals surface area contributed by atoms with Crippen molar-refractivity contribution in [2.24, 2.45) is 0 Å². The second kappa shape index (κ2) is 5.70. The van der Waals surface area contributed by atoms with Crippen LogP contribution in [-0.2, 0) is 4.79 Å². The Morgan fingerprint density at radius 1 is 1.25 bits per heavy atom. The van der Waals surface area contributed by atoms with Gasteiger partial charge < -0.3 is 14.6 Å². The van der Waals surface area contributed by atoms with E-state index < -0.39 is 5.97 Å². The second-order valence-corrected chi connectivity index (χ2v) is 2.97. The fourth-order valence-corrected chi connectivity index (χ4v) is 1.12. The van der Waals surface area contributed by atoms with Crippen molar-refractivity contribution in [3.8, 4) is 5.75 Å². The number of ketones is 1. The van der Waals surface area contributed by atoms with Gasteiger partial charge in [0.05, 0.1) is 12.6 Å². The lowest BCUT2D eigenvalue weighted by Crippen LogP contribution is -2.19. The molecule has 0 spiro atoms. The van der Waals surface area contributed by atoms with Gasteiger partial charge in [0.15, 0.2) is 5.78 Å². The minimum atomic E-state index is -1.39. The molecule has 84 valence electrons. The van der Waals surface area contributed by atoms with Crippen molar-refractivity contribution in [1.29, 1.82) is 0 Å². The third-order valence-electron chi connectivity index (χ3n) is 1.82. The Kier molecular flexibility index (Phi) is 4.27. The molecule has 0 bridgehead atoms. The molecule has 0 fully saturated rings. The van der Waals surface area contributed by atoms with Crippen molar-refractivity contribution < 1.29 is 19.4 Å². The first-order valence-corrected chi connectivity index (χ1v) is 4.79. The second-order valence-electron chi connectivity index (χ2n) is 2.97. The number of carbonyl (C=O) groups excluding carboxylic acids is 2. The molecule has 4 heteroatoms. The third kappa shape index (κ3) is 3.57. The van der Waals surface area contributed by atoms with Gasteiger partial charge in [-0.2, -0.15) is 0 Å². The van der Waals surface area contributed by atoms with Crippen molar-refractivity contribution in [2.75, 3.05) is 6.61 Å². The monoisotopic (exact) mass is 219 g/mol. The Bertz CT molecular complexity index is 404. The predicted octanol–water partition coefficient (Wildman–Crippen LogP) is 0.574. The zero-order chi connectivity index (χ0) is 12.0. The number of benzene rings is 1. The summed E-state index contributed by atoms with van der Waals surface area (Å²) in [4.78, 5) is 21.5. The van der Waals surface area contributed by atoms with Crippen LogP contribution in [-0.4, -0.2) is 18.4 Å². The molecular formula is C12H11O4-. The molecule has 0 amide bonds. The van der Waals surface area contributed by atoms with E-state index in [0.29, 0.717) is 24.0 Å². The number of aliphatic carboxylic acids is 1. The average molecular weight is 219 g/mol. The van der Waals surface area contributed by atoms with E-state index in [2.05, 4.69) is 0 Å². The topological polar surface area (TPSA) is 66.4 Å². The lowest BCUT2D eigenvalue weighted by Gasteiger charge is -2.02. The number of ether oxygens (including phenoxy) is 1. The summed E-state index contributed by atoms with van der Waals surface area (Å²) in [5.74, 6) is -1.10. The van der Waals surface area contributed by atoms with Crippen LogP contribution in [0.3, 0.4) is 0 Å². The SMILES string of the molecule is CCOc1ccc(C(=O)/C=C/C(=O)[O-])cc1. The zero-order valence-corrected chi connectivity index (χ0v) is 8.80. The summed E-state index contributed by atoms with van der Waals surface area (Å²) in [5.41, 5.74) is 0.404. The predicted molar refractivity (Wildman–Crippen MR) is 56.1 cm³/mol. The molecule has 0 saturated heterocycles. The minimum absolute atomic E-state index is 0.382. The number of hydrogen-bond donors (Lipinski definition) is 0. The van der Waals surface area contributed by atoms with E-state index in [1.165, 1.54) is 0 Å². The lowest BCUT2D eigenvalue weighted by molar-refractivity contribution is -0.297. The number of carboxylic acids is 1. The molecule has 0 atom stereocenters. The first-order valence-electron chi connectivity index (χ1n) is 4.79. The van der Waals surface area contributed by atoms with E-state index in [-0.39, 0.29) is 5.78 Å². The van der Waals surface area contributed by atoms with Gasteiger partial charge in [-0.05, 0) is 43.3 Å². The quantitative estimate of drug-likeness (QED) is 0.536.